The summed E-state index contributed by atoms with van der Waals surface area (Å²) < 4.78 is 0. The van der Waals surface area contributed by atoms with E-state index in [1.807, 2.05) is 60.7 Å². The molecular formula is C39H25N3. The number of rotatable bonds is 4. The topological polar surface area (TPSA) is 38.7 Å². The fourth-order valence-electron chi connectivity index (χ4n) is 5.76. The lowest BCUT2D eigenvalue weighted by Crippen LogP contribution is -2.00. The number of nitrogens with zero attached hydrogens (tertiary/aromatic N) is 3. The van der Waals surface area contributed by atoms with Crippen LogP contribution in [0.25, 0.3) is 77.6 Å². The highest BCUT2D eigenvalue weighted by Gasteiger charge is 2.13. The molecule has 3 heteroatoms. The Morgan fingerprint density at radius 3 is 1.31 bits per heavy atom. The first-order valence-corrected chi connectivity index (χ1v) is 14.1. The molecule has 1 heterocycles. The standard InChI is InChI=1S/C39H25N3/c1-3-10-28(11-4-1)37-40-38(29-12-5-2-6-13-29)42-39(41-37)30-17-15-26(16-18-30)31-20-22-34-32(25-31)21-24-35-33-14-8-7-9-27(33)19-23-36(34)35/h1-25H. The molecule has 0 fully saturated rings. The fourth-order valence-corrected chi connectivity index (χ4v) is 5.76. The average Bonchev–Trinajstić information content (AvgIpc) is 3.08. The second kappa shape index (κ2) is 10.1. The molecule has 8 aromatic rings. The van der Waals surface area contributed by atoms with Crippen molar-refractivity contribution in [3.05, 3.63) is 152 Å². The number of hydrogen-bond acceptors (Lipinski definition) is 3. The Balaban J connectivity index is 1.18. The van der Waals surface area contributed by atoms with Gasteiger partial charge in [0.05, 0.1) is 0 Å². The van der Waals surface area contributed by atoms with Crippen molar-refractivity contribution < 1.29 is 0 Å². The van der Waals surface area contributed by atoms with Gasteiger partial charge in [-0.05, 0) is 49.5 Å². The van der Waals surface area contributed by atoms with E-state index < -0.39 is 0 Å². The van der Waals surface area contributed by atoms with Gasteiger partial charge in [0.1, 0.15) is 0 Å². The van der Waals surface area contributed by atoms with E-state index in [-0.39, 0.29) is 0 Å². The van der Waals surface area contributed by atoms with Gasteiger partial charge in [-0.2, -0.15) is 0 Å². The highest BCUT2D eigenvalue weighted by molar-refractivity contribution is 6.17. The van der Waals surface area contributed by atoms with Crippen molar-refractivity contribution in [3.8, 4) is 45.3 Å². The van der Waals surface area contributed by atoms with Crippen molar-refractivity contribution in [1.29, 1.82) is 0 Å². The summed E-state index contributed by atoms with van der Waals surface area (Å²) in [5.41, 5.74) is 5.21. The molecule has 196 valence electrons. The quantitative estimate of drug-likeness (QED) is 0.211. The molecule has 0 aliphatic carbocycles. The Labute approximate surface area is 243 Å². The summed E-state index contributed by atoms with van der Waals surface area (Å²) in [5, 5.41) is 7.64. The van der Waals surface area contributed by atoms with Crippen LogP contribution >= 0.6 is 0 Å². The van der Waals surface area contributed by atoms with E-state index in [2.05, 4.69) is 91.0 Å². The summed E-state index contributed by atoms with van der Waals surface area (Å²) >= 11 is 0. The summed E-state index contributed by atoms with van der Waals surface area (Å²) in [4.78, 5) is 14.6. The molecule has 0 amide bonds. The Kier molecular flexibility index (Phi) is 5.79. The predicted molar refractivity (Wildman–Crippen MR) is 174 cm³/mol. The second-order valence-corrected chi connectivity index (χ2v) is 10.5. The molecule has 0 saturated heterocycles. The minimum absolute atomic E-state index is 0.659. The normalized spacial score (nSPS) is 11.3. The third kappa shape index (κ3) is 4.29. The predicted octanol–water partition coefficient (Wildman–Crippen LogP) is 10.00. The molecule has 0 unspecified atom stereocenters. The maximum atomic E-state index is 4.87. The van der Waals surface area contributed by atoms with Crippen molar-refractivity contribution in [2.24, 2.45) is 0 Å². The van der Waals surface area contributed by atoms with Crippen molar-refractivity contribution in [2.75, 3.05) is 0 Å². The van der Waals surface area contributed by atoms with Gasteiger partial charge in [-0.25, -0.2) is 15.0 Å². The van der Waals surface area contributed by atoms with Gasteiger partial charge in [0.15, 0.2) is 17.5 Å². The zero-order chi connectivity index (χ0) is 27.9. The monoisotopic (exact) mass is 535 g/mol. The van der Waals surface area contributed by atoms with Gasteiger partial charge in [-0.3, -0.25) is 0 Å². The van der Waals surface area contributed by atoms with E-state index in [0.717, 1.165) is 22.3 Å². The first-order valence-electron chi connectivity index (χ1n) is 14.1. The van der Waals surface area contributed by atoms with Crippen molar-refractivity contribution >= 4 is 32.3 Å². The fraction of sp³-hybridized carbons (Fsp3) is 0. The van der Waals surface area contributed by atoms with Crippen LogP contribution in [0.1, 0.15) is 0 Å². The van der Waals surface area contributed by atoms with Crippen molar-refractivity contribution in [3.63, 3.8) is 0 Å². The second-order valence-electron chi connectivity index (χ2n) is 10.5. The largest absolute Gasteiger partial charge is 0.208 e. The van der Waals surface area contributed by atoms with E-state index in [1.165, 1.54) is 37.9 Å². The summed E-state index contributed by atoms with van der Waals surface area (Å²) in [6.07, 6.45) is 0. The van der Waals surface area contributed by atoms with Gasteiger partial charge in [-0.15, -0.1) is 0 Å². The third-order valence-corrected chi connectivity index (χ3v) is 7.92. The number of fused-ring (bicyclic) bond motifs is 5. The van der Waals surface area contributed by atoms with Gasteiger partial charge < -0.3 is 0 Å². The van der Waals surface area contributed by atoms with Crippen LogP contribution < -0.4 is 0 Å². The average molecular weight is 536 g/mol. The molecule has 7 aromatic carbocycles. The molecular weight excluding hydrogens is 510 g/mol. The van der Waals surface area contributed by atoms with Gasteiger partial charge >= 0.3 is 0 Å². The van der Waals surface area contributed by atoms with E-state index in [9.17, 15) is 0 Å². The highest BCUT2D eigenvalue weighted by Crippen LogP contribution is 2.34. The van der Waals surface area contributed by atoms with Gasteiger partial charge in [-0.1, -0.05) is 146 Å². The molecule has 42 heavy (non-hydrogen) atoms. The molecule has 3 nitrogen and oxygen atoms in total. The minimum atomic E-state index is 0.659. The maximum Gasteiger partial charge on any atom is 0.164 e. The SMILES string of the molecule is c1ccc(-c2nc(-c3ccccc3)nc(-c3ccc(-c4ccc5c(ccc6c7ccccc7ccc56)c4)cc3)n2)cc1. The van der Waals surface area contributed by atoms with Crippen molar-refractivity contribution in [2.45, 2.75) is 0 Å². The lowest BCUT2D eigenvalue weighted by Gasteiger charge is -2.10. The number of benzene rings is 7. The van der Waals surface area contributed by atoms with Gasteiger partial charge in [0.2, 0.25) is 0 Å². The molecule has 1 aromatic heterocycles. The van der Waals surface area contributed by atoms with Crippen LogP contribution in [0, 0.1) is 0 Å². The van der Waals surface area contributed by atoms with Crippen LogP contribution in [-0.2, 0) is 0 Å². The smallest absolute Gasteiger partial charge is 0.164 e. The molecule has 0 atom stereocenters. The van der Waals surface area contributed by atoms with Crippen molar-refractivity contribution in [1.82, 2.24) is 15.0 Å². The Morgan fingerprint density at radius 1 is 0.262 bits per heavy atom. The van der Waals surface area contributed by atoms with Crippen LogP contribution in [0.5, 0.6) is 0 Å². The van der Waals surface area contributed by atoms with Crippen LogP contribution in [0.15, 0.2) is 152 Å². The molecule has 0 radical (unpaired) electrons. The van der Waals surface area contributed by atoms with Crippen LogP contribution in [0.3, 0.4) is 0 Å². The number of hydrogen-bond donors (Lipinski definition) is 0. The molecule has 0 aliphatic heterocycles. The summed E-state index contributed by atoms with van der Waals surface area (Å²) in [7, 11) is 0. The summed E-state index contributed by atoms with van der Waals surface area (Å²) in [6, 6.07) is 52.9. The molecule has 0 aliphatic rings. The maximum absolute atomic E-state index is 4.87. The Bertz CT molecular complexity index is 2160. The summed E-state index contributed by atoms with van der Waals surface area (Å²) in [5.74, 6) is 1.99. The molecule has 0 bridgehead atoms. The Morgan fingerprint density at radius 2 is 0.690 bits per heavy atom. The first kappa shape index (κ1) is 24.2. The molecule has 8 rings (SSSR count). The minimum Gasteiger partial charge on any atom is -0.208 e. The van der Waals surface area contributed by atoms with E-state index in [0.29, 0.717) is 17.5 Å². The first-order chi connectivity index (χ1) is 20.8. The number of aromatic nitrogens is 3. The third-order valence-electron chi connectivity index (χ3n) is 7.92. The van der Waals surface area contributed by atoms with Crippen LogP contribution in [0.4, 0.5) is 0 Å². The lowest BCUT2D eigenvalue weighted by molar-refractivity contribution is 1.07. The zero-order valence-corrected chi connectivity index (χ0v) is 22.8. The summed E-state index contributed by atoms with van der Waals surface area (Å²) in [6.45, 7) is 0. The highest BCUT2D eigenvalue weighted by atomic mass is 15.0. The van der Waals surface area contributed by atoms with Crippen LogP contribution in [-0.4, -0.2) is 15.0 Å². The molecule has 0 N–H and O–H groups in total. The van der Waals surface area contributed by atoms with E-state index >= 15 is 0 Å². The Hall–Kier alpha value is -5.67. The van der Waals surface area contributed by atoms with Gasteiger partial charge in [0, 0.05) is 16.7 Å². The molecule has 0 saturated carbocycles. The van der Waals surface area contributed by atoms with E-state index in [4.69, 9.17) is 15.0 Å². The van der Waals surface area contributed by atoms with E-state index in [1.54, 1.807) is 0 Å². The molecule has 0 spiro atoms. The zero-order valence-electron chi connectivity index (χ0n) is 22.8. The lowest BCUT2D eigenvalue weighted by atomic mass is 9.94. The van der Waals surface area contributed by atoms with Gasteiger partial charge in [0.25, 0.3) is 0 Å². The van der Waals surface area contributed by atoms with Crippen LogP contribution in [0.2, 0.25) is 0 Å².